The number of carbonyl (C=O) groups is 1. The summed E-state index contributed by atoms with van der Waals surface area (Å²) in [7, 11) is 3.10. The molecule has 0 aliphatic rings. The van der Waals surface area contributed by atoms with Crippen LogP contribution in [0.15, 0.2) is 58.3 Å². The van der Waals surface area contributed by atoms with E-state index in [0.29, 0.717) is 33.2 Å². The maximum absolute atomic E-state index is 12.2. The highest BCUT2D eigenvalue weighted by atomic mass is 35.5. The molecule has 3 rings (SSSR count). The average Bonchev–Trinajstić information content (AvgIpc) is 3.16. The van der Waals surface area contributed by atoms with E-state index in [9.17, 15) is 4.79 Å². The number of ether oxygens (including phenoxy) is 2. The molecule has 140 valence electrons. The third-order valence-corrected chi connectivity index (χ3v) is 4.68. The number of nitrogens with one attached hydrogen (secondary N) is 1. The SMILES string of the molecule is COc1ccc(NC(=O)CSc2ncc(-c3cccc(Cl)c3)o2)c(OC)c1. The second-order valence-corrected chi connectivity index (χ2v) is 6.77. The number of hydrogen-bond acceptors (Lipinski definition) is 6. The van der Waals surface area contributed by atoms with E-state index >= 15 is 0 Å². The average molecular weight is 405 g/mol. The smallest absolute Gasteiger partial charge is 0.256 e. The predicted octanol–water partition coefficient (Wildman–Crippen LogP) is 4.74. The van der Waals surface area contributed by atoms with Gasteiger partial charge in [0.1, 0.15) is 11.5 Å². The van der Waals surface area contributed by atoms with Gasteiger partial charge in [-0.15, -0.1) is 0 Å². The van der Waals surface area contributed by atoms with Crippen molar-refractivity contribution in [2.75, 3.05) is 25.3 Å². The number of halogens is 1. The standard InChI is InChI=1S/C19H17ClN2O4S/c1-24-14-6-7-15(16(9-14)25-2)22-18(23)11-27-19-21-10-17(26-19)12-4-3-5-13(20)8-12/h3-10H,11H2,1-2H3,(H,22,23). The highest BCUT2D eigenvalue weighted by Crippen LogP contribution is 2.30. The van der Waals surface area contributed by atoms with Gasteiger partial charge in [0.05, 0.1) is 31.9 Å². The molecule has 2 aromatic carbocycles. The number of hydrogen-bond donors (Lipinski definition) is 1. The van der Waals surface area contributed by atoms with Crippen molar-refractivity contribution in [2.45, 2.75) is 5.22 Å². The largest absolute Gasteiger partial charge is 0.497 e. The minimum atomic E-state index is -0.203. The summed E-state index contributed by atoms with van der Waals surface area (Å²) in [6.45, 7) is 0. The number of carbonyl (C=O) groups excluding carboxylic acids is 1. The zero-order valence-electron chi connectivity index (χ0n) is 14.7. The molecule has 0 saturated carbocycles. The molecule has 0 atom stereocenters. The number of oxazole rings is 1. The molecule has 8 heteroatoms. The molecule has 0 bridgehead atoms. The Kier molecular flexibility index (Phi) is 6.26. The summed E-state index contributed by atoms with van der Waals surface area (Å²) in [6.07, 6.45) is 1.61. The van der Waals surface area contributed by atoms with Crippen LogP contribution in [-0.4, -0.2) is 30.9 Å². The topological polar surface area (TPSA) is 73.6 Å². The summed E-state index contributed by atoms with van der Waals surface area (Å²) in [5, 5.41) is 3.82. The lowest BCUT2D eigenvalue weighted by Gasteiger charge is -2.11. The fourth-order valence-corrected chi connectivity index (χ4v) is 3.11. The van der Waals surface area contributed by atoms with Gasteiger partial charge in [-0.3, -0.25) is 4.79 Å². The van der Waals surface area contributed by atoms with E-state index in [4.69, 9.17) is 25.5 Å². The van der Waals surface area contributed by atoms with Crippen LogP contribution in [0, 0.1) is 0 Å². The third kappa shape index (κ3) is 4.96. The summed E-state index contributed by atoms with van der Waals surface area (Å²) < 4.78 is 16.1. The molecule has 0 aliphatic carbocycles. The molecule has 0 spiro atoms. The molecule has 0 aliphatic heterocycles. The Balaban J connectivity index is 1.60. The van der Waals surface area contributed by atoms with Gasteiger partial charge in [-0.2, -0.15) is 0 Å². The quantitative estimate of drug-likeness (QED) is 0.573. The molecule has 1 heterocycles. The number of methoxy groups -OCH3 is 2. The van der Waals surface area contributed by atoms with Crippen LogP contribution in [0.3, 0.4) is 0 Å². The fraction of sp³-hybridized carbons (Fsp3) is 0.158. The molecule has 0 radical (unpaired) electrons. The molecule has 1 N–H and O–H groups in total. The first kappa shape index (κ1) is 19.1. The van der Waals surface area contributed by atoms with Crippen molar-refractivity contribution in [3.8, 4) is 22.8 Å². The molecule has 27 heavy (non-hydrogen) atoms. The number of benzene rings is 2. The lowest BCUT2D eigenvalue weighted by Crippen LogP contribution is -2.14. The van der Waals surface area contributed by atoms with Gasteiger partial charge in [-0.1, -0.05) is 35.5 Å². The lowest BCUT2D eigenvalue weighted by molar-refractivity contribution is -0.113. The Morgan fingerprint density at radius 2 is 2.07 bits per heavy atom. The van der Waals surface area contributed by atoms with Crippen LogP contribution in [0.5, 0.6) is 11.5 Å². The van der Waals surface area contributed by atoms with Crippen molar-refractivity contribution >= 4 is 35.0 Å². The second-order valence-electron chi connectivity index (χ2n) is 5.40. The Labute approximate surface area is 165 Å². The fourth-order valence-electron chi connectivity index (χ4n) is 2.32. The first-order valence-electron chi connectivity index (χ1n) is 7.95. The third-order valence-electron chi connectivity index (χ3n) is 3.60. The van der Waals surface area contributed by atoms with Crippen LogP contribution in [0.2, 0.25) is 5.02 Å². The van der Waals surface area contributed by atoms with Crippen molar-refractivity contribution < 1.29 is 18.7 Å². The first-order chi connectivity index (χ1) is 13.1. The van der Waals surface area contributed by atoms with Crippen LogP contribution in [-0.2, 0) is 4.79 Å². The van der Waals surface area contributed by atoms with Gasteiger partial charge in [-0.25, -0.2) is 4.98 Å². The summed E-state index contributed by atoms with van der Waals surface area (Å²) in [5.41, 5.74) is 1.39. The van der Waals surface area contributed by atoms with Crippen molar-refractivity contribution in [1.29, 1.82) is 0 Å². The van der Waals surface area contributed by atoms with Crippen molar-refractivity contribution in [3.63, 3.8) is 0 Å². The second kappa shape index (κ2) is 8.83. The minimum absolute atomic E-state index is 0.144. The number of nitrogens with zero attached hydrogens (tertiary/aromatic N) is 1. The normalized spacial score (nSPS) is 10.5. The molecule has 0 saturated heterocycles. The number of amides is 1. The Morgan fingerprint density at radius 1 is 1.22 bits per heavy atom. The Hall–Kier alpha value is -2.64. The highest BCUT2D eigenvalue weighted by molar-refractivity contribution is 7.99. The zero-order valence-corrected chi connectivity index (χ0v) is 16.3. The number of aromatic nitrogens is 1. The maximum atomic E-state index is 12.2. The van der Waals surface area contributed by atoms with Crippen LogP contribution in [0.1, 0.15) is 0 Å². The number of anilines is 1. The lowest BCUT2D eigenvalue weighted by atomic mass is 10.2. The zero-order chi connectivity index (χ0) is 19.2. The molecule has 3 aromatic rings. The van der Waals surface area contributed by atoms with Crippen molar-refractivity contribution in [1.82, 2.24) is 4.98 Å². The van der Waals surface area contributed by atoms with Gasteiger partial charge in [0.2, 0.25) is 5.91 Å². The van der Waals surface area contributed by atoms with E-state index in [-0.39, 0.29) is 11.7 Å². The van der Waals surface area contributed by atoms with Gasteiger partial charge in [-0.05, 0) is 24.3 Å². The van der Waals surface area contributed by atoms with Crippen molar-refractivity contribution in [3.05, 3.63) is 53.7 Å². The molecule has 6 nitrogen and oxygen atoms in total. The summed E-state index contributed by atoms with van der Waals surface area (Å²) >= 11 is 7.19. The highest BCUT2D eigenvalue weighted by Gasteiger charge is 2.12. The molecular weight excluding hydrogens is 388 g/mol. The molecule has 1 aromatic heterocycles. The van der Waals surface area contributed by atoms with Crippen molar-refractivity contribution in [2.24, 2.45) is 0 Å². The van der Waals surface area contributed by atoms with E-state index in [1.807, 2.05) is 12.1 Å². The monoisotopic (exact) mass is 404 g/mol. The molecular formula is C19H17ClN2O4S. The van der Waals surface area contributed by atoms with Gasteiger partial charge >= 0.3 is 0 Å². The summed E-state index contributed by atoms with van der Waals surface area (Å²) in [5.74, 6) is 1.70. The van der Waals surface area contributed by atoms with E-state index < -0.39 is 0 Å². The summed E-state index contributed by atoms with van der Waals surface area (Å²) in [6, 6.07) is 12.5. The van der Waals surface area contributed by atoms with Crippen LogP contribution >= 0.6 is 23.4 Å². The number of thioether (sulfide) groups is 1. The maximum Gasteiger partial charge on any atom is 0.256 e. The van der Waals surface area contributed by atoms with Gasteiger partial charge in [0, 0.05) is 16.7 Å². The number of rotatable bonds is 7. The van der Waals surface area contributed by atoms with Crippen LogP contribution in [0.4, 0.5) is 5.69 Å². The first-order valence-corrected chi connectivity index (χ1v) is 9.32. The molecule has 1 amide bonds. The minimum Gasteiger partial charge on any atom is -0.497 e. The van der Waals surface area contributed by atoms with E-state index in [2.05, 4.69) is 10.3 Å². The molecule has 0 unspecified atom stereocenters. The van der Waals surface area contributed by atoms with Crippen LogP contribution in [0.25, 0.3) is 11.3 Å². The van der Waals surface area contributed by atoms with Crippen LogP contribution < -0.4 is 14.8 Å². The van der Waals surface area contributed by atoms with Gasteiger partial charge in [0.25, 0.3) is 5.22 Å². The molecule has 0 fully saturated rings. The van der Waals surface area contributed by atoms with Gasteiger partial charge < -0.3 is 19.2 Å². The van der Waals surface area contributed by atoms with Gasteiger partial charge in [0.15, 0.2) is 5.76 Å². The Morgan fingerprint density at radius 3 is 2.81 bits per heavy atom. The predicted molar refractivity (Wildman–Crippen MR) is 106 cm³/mol. The summed E-state index contributed by atoms with van der Waals surface area (Å²) in [4.78, 5) is 16.4. The van der Waals surface area contributed by atoms with E-state index in [0.717, 1.165) is 5.56 Å². The Bertz CT molecular complexity index is 945. The van der Waals surface area contributed by atoms with E-state index in [1.165, 1.54) is 18.9 Å². The van der Waals surface area contributed by atoms with E-state index in [1.54, 1.807) is 43.6 Å².